The second-order valence-electron chi connectivity index (χ2n) is 7.09. The van der Waals surface area contributed by atoms with E-state index in [1.165, 1.54) is 30.6 Å². The molecule has 2 atom stereocenters. The largest absolute Gasteiger partial charge is 0.496 e. The third-order valence-corrected chi connectivity index (χ3v) is 6.73. The van der Waals surface area contributed by atoms with Crippen LogP contribution in [0.4, 0.5) is 30.4 Å². The number of amides is 1. The molecule has 33 heavy (non-hydrogen) atoms. The lowest BCUT2D eigenvalue weighted by Gasteiger charge is -2.33. The molecule has 14 heteroatoms. The molecule has 174 valence electrons. The summed E-state index contributed by atoms with van der Waals surface area (Å²) in [4.78, 5) is 24.0. The van der Waals surface area contributed by atoms with E-state index in [-0.39, 0.29) is 39.5 Å². The number of nitro groups is 1. The number of rotatable bonds is 5. The van der Waals surface area contributed by atoms with Gasteiger partial charge in [-0.05, 0) is 27.4 Å². The van der Waals surface area contributed by atoms with Crippen LogP contribution in [0.3, 0.4) is 0 Å². The molecule has 0 aliphatic carbocycles. The van der Waals surface area contributed by atoms with Crippen LogP contribution >= 0.6 is 27.3 Å². The molecule has 1 amide bonds. The third kappa shape index (κ3) is 4.53. The molecule has 0 bridgehead atoms. The molecule has 1 aromatic carbocycles. The van der Waals surface area contributed by atoms with Crippen molar-refractivity contribution in [2.75, 3.05) is 17.7 Å². The van der Waals surface area contributed by atoms with Crippen LogP contribution in [-0.4, -0.2) is 33.9 Å². The maximum atomic E-state index is 13.8. The Bertz CT molecular complexity index is 1210. The summed E-state index contributed by atoms with van der Waals surface area (Å²) in [6, 6.07) is 4.54. The van der Waals surface area contributed by atoms with E-state index < -0.39 is 29.1 Å². The highest BCUT2D eigenvalue weighted by molar-refractivity contribution is 9.10. The Balaban J connectivity index is 1.69. The van der Waals surface area contributed by atoms with Crippen molar-refractivity contribution < 1.29 is 27.6 Å². The smallest absolute Gasteiger partial charge is 0.410 e. The van der Waals surface area contributed by atoms with Crippen LogP contribution in [0.1, 0.15) is 33.9 Å². The maximum Gasteiger partial charge on any atom is 0.410 e. The number of ether oxygens (including phenoxy) is 1. The predicted octanol–water partition coefficient (Wildman–Crippen LogP) is 5.54. The van der Waals surface area contributed by atoms with Crippen molar-refractivity contribution in [1.82, 2.24) is 9.78 Å². The normalized spacial score (nSPS) is 17.7. The average molecular weight is 546 g/mol. The van der Waals surface area contributed by atoms with Crippen LogP contribution in [-0.2, 0) is 0 Å². The minimum absolute atomic E-state index is 0.0174. The number of hydrogen-bond acceptors (Lipinski definition) is 7. The number of thiophene rings is 1. The maximum absolute atomic E-state index is 13.8. The molecule has 0 saturated heterocycles. The van der Waals surface area contributed by atoms with Gasteiger partial charge in [0.1, 0.15) is 11.6 Å². The minimum Gasteiger partial charge on any atom is -0.496 e. The van der Waals surface area contributed by atoms with E-state index in [4.69, 9.17) is 4.74 Å². The van der Waals surface area contributed by atoms with Gasteiger partial charge in [0.05, 0.1) is 34.3 Å². The fourth-order valence-corrected chi connectivity index (χ4v) is 4.83. The van der Waals surface area contributed by atoms with Gasteiger partial charge < -0.3 is 15.4 Å². The summed E-state index contributed by atoms with van der Waals surface area (Å²) in [6.45, 7) is 0. The average Bonchev–Trinajstić information content (AvgIpc) is 3.40. The number of nitrogens with zero attached hydrogens (tertiary/aromatic N) is 3. The molecule has 0 spiro atoms. The molecule has 4 rings (SSSR count). The Kier molecular flexibility index (Phi) is 6.05. The van der Waals surface area contributed by atoms with Crippen LogP contribution in [0.15, 0.2) is 40.2 Å². The number of benzene rings is 1. The van der Waals surface area contributed by atoms with Crippen molar-refractivity contribution in [3.8, 4) is 5.75 Å². The lowest BCUT2D eigenvalue weighted by Crippen LogP contribution is -2.35. The van der Waals surface area contributed by atoms with Gasteiger partial charge in [-0.15, -0.1) is 11.3 Å². The number of fused-ring (bicyclic) bond motifs is 1. The summed E-state index contributed by atoms with van der Waals surface area (Å²) < 4.78 is 47.3. The van der Waals surface area contributed by atoms with Gasteiger partial charge in [-0.1, -0.05) is 6.07 Å². The van der Waals surface area contributed by atoms with Crippen molar-refractivity contribution in [2.45, 2.75) is 24.7 Å². The first kappa shape index (κ1) is 23.0. The molecule has 1 aliphatic rings. The van der Waals surface area contributed by atoms with Gasteiger partial charge in [0.15, 0.2) is 11.7 Å². The number of nitro benzene ring substituents is 1. The monoisotopic (exact) mass is 545 g/mol. The Hall–Kier alpha value is -3.13. The third-order valence-electron chi connectivity index (χ3n) is 4.99. The fourth-order valence-electron chi connectivity index (χ4n) is 3.48. The molecule has 1 aliphatic heterocycles. The van der Waals surface area contributed by atoms with E-state index in [0.717, 1.165) is 15.6 Å². The van der Waals surface area contributed by atoms with Crippen molar-refractivity contribution in [3.05, 3.63) is 60.9 Å². The number of hydrogen-bond donors (Lipinski definition) is 2. The van der Waals surface area contributed by atoms with Gasteiger partial charge >= 0.3 is 6.18 Å². The highest BCUT2D eigenvalue weighted by Gasteiger charge is 2.48. The van der Waals surface area contributed by atoms with Gasteiger partial charge in [-0.2, -0.15) is 18.3 Å². The van der Waals surface area contributed by atoms with Gasteiger partial charge in [-0.25, -0.2) is 4.68 Å². The highest BCUT2D eigenvalue weighted by Crippen LogP contribution is 2.47. The Morgan fingerprint density at radius 1 is 1.42 bits per heavy atom. The van der Waals surface area contributed by atoms with Gasteiger partial charge in [-0.3, -0.25) is 14.9 Å². The first-order valence-corrected chi connectivity index (χ1v) is 11.0. The predicted molar refractivity (Wildman–Crippen MR) is 118 cm³/mol. The molecule has 0 saturated carbocycles. The summed E-state index contributed by atoms with van der Waals surface area (Å²) >= 11 is 4.52. The minimum atomic E-state index is -4.60. The van der Waals surface area contributed by atoms with Crippen LogP contribution in [0, 0.1) is 10.1 Å². The molecular formula is C19H15BrF3N5O4S. The Labute approximate surface area is 196 Å². The first-order valence-electron chi connectivity index (χ1n) is 9.38. The van der Waals surface area contributed by atoms with Gasteiger partial charge in [0.2, 0.25) is 0 Å². The SMILES string of the molecule is COc1cc(NC(=O)c2nn3c(c2Br)N[C@@H](c2cccs2)C[C@@H]3C(F)(F)F)cc([N+](=O)[O-])c1. The zero-order chi connectivity index (χ0) is 23.9. The zero-order valence-electron chi connectivity index (χ0n) is 16.7. The standard InChI is InChI=1S/C19H15BrF3N5O4S/c1-32-11-6-9(5-10(7-11)28(30)31)24-18(29)16-15(20)17-25-12(13-3-2-4-33-13)8-14(19(21,22)23)27(17)26-16/h2-7,12,14,25H,8H2,1H3,(H,24,29)/t12-,14-/m1/s1. The van der Waals surface area contributed by atoms with E-state index in [9.17, 15) is 28.1 Å². The number of halogens is 4. The van der Waals surface area contributed by atoms with Crippen molar-refractivity contribution >= 4 is 50.4 Å². The molecule has 2 aromatic heterocycles. The number of carbonyl (C=O) groups excluding carboxylic acids is 1. The van der Waals surface area contributed by atoms with Crippen LogP contribution in [0.2, 0.25) is 0 Å². The molecule has 0 unspecified atom stereocenters. The van der Waals surface area contributed by atoms with Crippen molar-refractivity contribution in [1.29, 1.82) is 0 Å². The lowest BCUT2D eigenvalue weighted by molar-refractivity contribution is -0.384. The van der Waals surface area contributed by atoms with Crippen molar-refractivity contribution in [2.24, 2.45) is 0 Å². The topological polar surface area (TPSA) is 111 Å². The number of non-ortho nitro benzene ring substituents is 1. The molecule has 9 nitrogen and oxygen atoms in total. The lowest BCUT2D eigenvalue weighted by atomic mass is 10.0. The van der Waals surface area contributed by atoms with E-state index >= 15 is 0 Å². The molecule has 3 heterocycles. The van der Waals surface area contributed by atoms with E-state index in [2.05, 4.69) is 31.7 Å². The number of carbonyl (C=O) groups is 1. The number of anilines is 2. The quantitative estimate of drug-likeness (QED) is 0.321. The summed E-state index contributed by atoms with van der Waals surface area (Å²) in [7, 11) is 1.30. The fraction of sp³-hybridized carbons (Fsp3) is 0.263. The molecular weight excluding hydrogens is 531 g/mol. The first-order chi connectivity index (χ1) is 15.6. The van der Waals surface area contributed by atoms with Crippen LogP contribution in [0.25, 0.3) is 0 Å². The summed E-state index contributed by atoms with van der Waals surface area (Å²) in [5, 5.41) is 22.3. The Morgan fingerprint density at radius 2 is 2.18 bits per heavy atom. The molecule has 3 aromatic rings. The Morgan fingerprint density at radius 3 is 2.79 bits per heavy atom. The molecule has 0 fully saturated rings. The molecule has 0 radical (unpaired) electrons. The number of methoxy groups -OCH3 is 1. The second-order valence-corrected chi connectivity index (χ2v) is 8.86. The summed E-state index contributed by atoms with van der Waals surface area (Å²) in [5.74, 6) is -0.703. The summed E-state index contributed by atoms with van der Waals surface area (Å²) in [6.07, 6.45) is -4.90. The zero-order valence-corrected chi connectivity index (χ0v) is 19.1. The number of aromatic nitrogens is 2. The van der Waals surface area contributed by atoms with E-state index in [0.29, 0.717) is 0 Å². The van der Waals surface area contributed by atoms with Gasteiger partial charge in [0, 0.05) is 23.4 Å². The van der Waals surface area contributed by atoms with E-state index in [1.54, 1.807) is 17.5 Å². The second kappa shape index (κ2) is 8.67. The molecule has 2 N–H and O–H groups in total. The van der Waals surface area contributed by atoms with E-state index in [1.807, 2.05) is 0 Å². The highest BCUT2D eigenvalue weighted by atomic mass is 79.9. The van der Waals surface area contributed by atoms with Crippen LogP contribution < -0.4 is 15.4 Å². The van der Waals surface area contributed by atoms with Crippen LogP contribution in [0.5, 0.6) is 5.75 Å². The number of nitrogens with one attached hydrogen (secondary N) is 2. The summed E-state index contributed by atoms with van der Waals surface area (Å²) in [5.41, 5.74) is -0.602. The van der Waals surface area contributed by atoms with Crippen molar-refractivity contribution in [3.63, 3.8) is 0 Å². The van der Waals surface area contributed by atoms with Gasteiger partial charge in [0.25, 0.3) is 11.6 Å². The number of alkyl halides is 3.